The zero-order chi connectivity index (χ0) is 18.8. The number of H-pyrrole nitrogens is 1. The van der Waals surface area contributed by atoms with Gasteiger partial charge in [0.15, 0.2) is 0 Å². The Hall–Kier alpha value is -3.12. The Morgan fingerprint density at radius 3 is 2.59 bits per heavy atom. The molecule has 0 aliphatic carbocycles. The van der Waals surface area contributed by atoms with Crippen molar-refractivity contribution in [1.29, 1.82) is 0 Å². The van der Waals surface area contributed by atoms with Crippen molar-refractivity contribution < 1.29 is 9.84 Å². The Labute approximate surface area is 157 Å². The Balaban J connectivity index is 1.45. The molecule has 0 amide bonds. The first-order chi connectivity index (χ1) is 13.1. The molecule has 27 heavy (non-hydrogen) atoms. The standard InChI is InChI=1S/C21H22N4O2/c1-13-10-14(2)24-21(23-13)22-11-15(26)12-27-19-9-5-8-18-20(19)16-6-3-4-7-17(16)25-18/h3-10,15,25-26H,11-12H2,1-2H3,(H,22,23,24). The molecule has 0 spiro atoms. The van der Waals surface area contributed by atoms with Crippen LogP contribution in [0.4, 0.5) is 5.95 Å². The van der Waals surface area contributed by atoms with E-state index in [1.54, 1.807) is 0 Å². The molecule has 0 radical (unpaired) electrons. The van der Waals surface area contributed by atoms with Gasteiger partial charge in [-0.2, -0.15) is 0 Å². The van der Waals surface area contributed by atoms with Crippen LogP contribution in [0.2, 0.25) is 0 Å². The number of nitrogens with zero attached hydrogens (tertiary/aromatic N) is 2. The molecule has 0 aliphatic heterocycles. The molecule has 6 nitrogen and oxygen atoms in total. The lowest BCUT2D eigenvalue weighted by Crippen LogP contribution is -2.27. The zero-order valence-electron chi connectivity index (χ0n) is 15.4. The highest BCUT2D eigenvalue weighted by Crippen LogP contribution is 2.32. The first-order valence-electron chi connectivity index (χ1n) is 8.96. The SMILES string of the molecule is Cc1cc(C)nc(NCC(O)COc2cccc3[nH]c4ccccc4c23)n1. The van der Waals surface area contributed by atoms with Crippen molar-refractivity contribution in [1.82, 2.24) is 15.0 Å². The summed E-state index contributed by atoms with van der Waals surface area (Å²) in [5.41, 5.74) is 3.87. The number of hydrogen-bond acceptors (Lipinski definition) is 5. The van der Waals surface area contributed by atoms with E-state index >= 15 is 0 Å². The lowest BCUT2D eigenvalue weighted by molar-refractivity contribution is 0.118. The second-order valence-corrected chi connectivity index (χ2v) is 6.67. The first kappa shape index (κ1) is 17.3. The van der Waals surface area contributed by atoms with Gasteiger partial charge in [0.25, 0.3) is 0 Å². The van der Waals surface area contributed by atoms with Crippen LogP contribution in [0.3, 0.4) is 0 Å². The molecule has 1 unspecified atom stereocenters. The largest absolute Gasteiger partial charge is 0.490 e. The van der Waals surface area contributed by atoms with Crippen molar-refractivity contribution in [3.05, 3.63) is 59.9 Å². The Morgan fingerprint density at radius 2 is 1.78 bits per heavy atom. The highest BCUT2D eigenvalue weighted by molar-refractivity contribution is 6.10. The summed E-state index contributed by atoms with van der Waals surface area (Å²) in [4.78, 5) is 12.0. The van der Waals surface area contributed by atoms with Crippen molar-refractivity contribution in [2.75, 3.05) is 18.5 Å². The molecule has 0 bridgehead atoms. The molecule has 1 atom stereocenters. The first-order valence-corrected chi connectivity index (χ1v) is 8.96. The molecule has 4 aromatic rings. The van der Waals surface area contributed by atoms with Crippen LogP contribution >= 0.6 is 0 Å². The number of fused-ring (bicyclic) bond motifs is 3. The summed E-state index contributed by atoms with van der Waals surface area (Å²) in [5.74, 6) is 1.27. The maximum atomic E-state index is 10.3. The van der Waals surface area contributed by atoms with E-state index in [1.807, 2.05) is 56.3 Å². The fraction of sp³-hybridized carbons (Fsp3) is 0.238. The highest BCUT2D eigenvalue weighted by atomic mass is 16.5. The molecule has 0 saturated heterocycles. The van der Waals surface area contributed by atoms with Crippen molar-refractivity contribution >= 4 is 27.8 Å². The minimum Gasteiger partial charge on any atom is -0.490 e. The number of anilines is 1. The predicted octanol–water partition coefficient (Wildman–Crippen LogP) is 3.58. The van der Waals surface area contributed by atoms with Crippen LogP contribution in [-0.2, 0) is 0 Å². The van der Waals surface area contributed by atoms with E-state index in [2.05, 4.69) is 26.3 Å². The summed E-state index contributed by atoms with van der Waals surface area (Å²) in [6.45, 7) is 4.33. The number of aromatic amines is 1. The summed E-state index contributed by atoms with van der Waals surface area (Å²) >= 11 is 0. The van der Waals surface area contributed by atoms with Crippen LogP contribution < -0.4 is 10.1 Å². The molecule has 0 fully saturated rings. The minimum atomic E-state index is -0.685. The van der Waals surface area contributed by atoms with Crippen molar-refractivity contribution in [3.8, 4) is 5.75 Å². The van der Waals surface area contributed by atoms with Gasteiger partial charge in [-0.05, 0) is 38.1 Å². The Morgan fingerprint density at radius 1 is 1.04 bits per heavy atom. The Kier molecular flexibility index (Phi) is 4.64. The Bertz CT molecular complexity index is 1070. The quantitative estimate of drug-likeness (QED) is 0.488. The molecule has 4 rings (SSSR count). The number of para-hydroxylation sites is 1. The van der Waals surface area contributed by atoms with Crippen LogP contribution in [0.5, 0.6) is 5.75 Å². The second kappa shape index (κ2) is 7.25. The average molecular weight is 362 g/mol. The average Bonchev–Trinajstić information content (AvgIpc) is 3.03. The van der Waals surface area contributed by atoms with Gasteiger partial charge in [0.1, 0.15) is 18.5 Å². The topological polar surface area (TPSA) is 83.1 Å². The normalized spacial score (nSPS) is 12.4. The molecule has 0 saturated carbocycles. The van der Waals surface area contributed by atoms with Crippen molar-refractivity contribution in [2.45, 2.75) is 20.0 Å². The zero-order valence-corrected chi connectivity index (χ0v) is 15.4. The van der Waals surface area contributed by atoms with Gasteiger partial charge in [-0.15, -0.1) is 0 Å². The number of hydrogen-bond donors (Lipinski definition) is 3. The molecular weight excluding hydrogens is 340 g/mol. The third kappa shape index (κ3) is 3.71. The van der Waals surface area contributed by atoms with Crippen LogP contribution in [0, 0.1) is 13.8 Å². The van der Waals surface area contributed by atoms with Gasteiger partial charge in [-0.25, -0.2) is 9.97 Å². The number of benzene rings is 2. The van der Waals surface area contributed by atoms with Gasteiger partial charge in [0.05, 0.1) is 5.52 Å². The maximum absolute atomic E-state index is 10.3. The van der Waals surface area contributed by atoms with Crippen molar-refractivity contribution in [2.24, 2.45) is 0 Å². The van der Waals surface area contributed by atoms with Gasteiger partial charge in [0, 0.05) is 34.2 Å². The molecule has 2 heterocycles. The predicted molar refractivity (Wildman–Crippen MR) is 107 cm³/mol. The van der Waals surface area contributed by atoms with E-state index in [-0.39, 0.29) is 6.61 Å². The minimum absolute atomic E-state index is 0.177. The van der Waals surface area contributed by atoms with Gasteiger partial charge in [0.2, 0.25) is 5.95 Å². The number of ether oxygens (including phenoxy) is 1. The fourth-order valence-electron chi connectivity index (χ4n) is 3.25. The van der Waals surface area contributed by atoms with E-state index < -0.39 is 6.10 Å². The van der Waals surface area contributed by atoms with Gasteiger partial charge < -0.3 is 20.1 Å². The molecule has 3 N–H and O–H groups in total. The monoisotopic (exact) mass is 362 g/mol. The maximum Gasteiger partial charge on any atom is 0.223 e. The third-order valence-electron chi connectivity index (χ3n) is 4.40. The van der Waals surface area contributed by atoms with Crippen LogP contribution in [-0.4, -0.2) is 39.3 Å². The van der Waals surface area contributed by atoms with Gasteiger partial charge >= 0.3 is 0 Å². The highest BCUT2D eigenvalue weighted by Gasteiger charge is 2.12. The summed E-state index contributed by atoms with van der Waals surface area (Å²) in [7, 11) is 0. The molecule has 6 heteroatoms. The fourth-order valence-corrected chi connectivity index (χ4v) is 3.25. The van der Waals surface area contributed by atoms with Crippen molar-refractivity contribution in [3.63, 3.8) is 0 Å². The van der Waals surface area contributed by atoms with E-state index in [0.29, 0.717) is 12.5 Å². The smallest absolute Gasteiger partial charge is 0.223 e. The number of aryl methyl sites for hydroxylation is 2. The summed E-state index contributed by atoms with van der Waals surface area (Å²) in [5, 5.41) is 15.5. The molecule has 138 valence electrons. The summed E-state index contributed by atoms with van der Waals surface area (Å²) < 4.78 is 5.93. The van der Waals surface area contributed by atoms with E-state index in [4.69, 9.17) is 4.74 Å². The number of aromatic nitrogens is 3. The van der Waals surface area contributed by atoms with Crippen LogP contribution in [0.25, 0.3) is 21.8 Å². The molecule has 2 aromatic carbocycles. The summed E-state index contributed by atoms with van der Waals surface area (Å²) in [6.07, 6.45) is -0.685. The van der Waals surface area contributed by atoms with E-state index in [0.717, 1.165) is 38.9 Å². The number of aliphatic hydroxyl groups excluding tert-OH is 1. The lowest BCUT2D eigenvalue weighted by Gasteiger charge is -2.14. The number of rotatable bonds is 6. The lowest BCUT2D eigenvalue weighted by atomic mass is 10.1. The number of nitrogens with one attached hydrogen (secondary N) is 2. The van der Waals surface area contributed by atoms with Crippen LogP contribution in [0.15, 0.2) is 48.5 Å². The molecular formula is C21H22N4O2. The van der Waals surface area contributed by atoms with Gasteiger partial charge in [-0.1, -0.05) is 24.3 Å². The second-order valence-electron chi connectivity index (χ2n) is 6.67. The molecule has 2 aromatic heterocycles. The number of aliphatic hydroxyl groups is 1. The summed E-state index contributed by atoms with van der Waals surface area (Å²) in [6, 6.07) is 15.9. The van der Waals surface area contributed by atoms with Gasteiger partial charge in [-0.3, -0.25) is 0 Å². The third-order valence-corrected chi connectivity index (χ3v) is 4.40. The van der Waals surface area contributed by atoms with E-state index in [9.17, 15) is 5.11 Å². The van der Waals surface area contributed by atoms with Crippen LogP contribution in [0.1, 0.15) is 11.4 Å². The molecule has 0 aliphatic rings. The van der Waals surface area contributed by atoms with E-state index in [1.165, 1.54) is 0 Å².